The fraction of sp³-hybridized carbons (Fsp3) is 1.00. The maximum absolute atomic E-state index is 13.1. The van der Waals surface area contributed by atoms with Crippen LogP contribution in [-0.4, -0.2) is 66.5 Å². The summed E-state index contributed by atoms with van der Waals surface area (Å²) < 4.78 is 127. The summed E-state index contributed by atoms with van der Waals surface area (Å²) in [6.07, 6.45) is -21.2. The van der Waals surface area contributed by atoms with Crippen LogP contribution in [0, 0.1) is 0 Å². The molecule has 2 aliphatic rings. The standard InChI is InChI=1S/C16H22F9NO2/c1-10(2)27-9-12-5-3-7-26(12)8-11(4-6-12)28-13(14(17,18)19,15(20,21)22)16(23,24)25/h10-11H,3-9H2,1-2H3. The van der Waals surface area contributed by atoms with Gasteiger partial charge in [0.1, 0.15) is 0 Å². The van der Waals surface area contributed by atoms with Crippen LogP contribution in [0.25, 0.3) is 0 Å². The zero-order valence-electron chi connectivity index (χ0n) is 15.3. The molecule has 2 aliphatic heterocycles. The third kappa shape index (κ3) is 4.09. The van der Waals surface area contributed by atoms with E-state index >= 15 is 0 Å². The number of ether oxygens (including phenoxy) is 2. The minimum atomic E-state index is -6.70. The van der Waals surface area contributed by atoms with Crippen LogP contribution in [0.15, 0.2) is 0 Å². The van der Waals surface area contributed by atoms with Gasteiger partial charge >= 0.3 is 24.1 Å². The van der Waals surface area contributed by atoms with Gasteiger partial charge in [-0.2, -0.15) is 39.5 Å². The highest BCUT2D eigenvalue weighted by atomic mass is 19.4. The lowest BCUT2D eigenvalue weighted by Crippen LogP contribution is -2.70. The average molecular weight is 431 g/mol. The summed E-state index contributed by atoms with van der Waals surface area (Å²) in [6.45, 7) is 3.65. The number of hydrogen-bond donors (Lipinski definition) is 0. The molecule has 3 nitrogen and oxygen atoms in total. The summed E-state index contributed by atoms with van der Waals surface area (Å²) in [5.74, 6) is 0. The third-order valence-electron chi connectivity index (χ3n) is 5.32. The molecular formula is C16H22F9NO2. The lowest BCUT2D eigenvalue weighted by Gasteiger charge is -2.48. The van der Waals surface area contributed by atoms with Crippen LogP contribution in [-0.2, 0) is 9.47 Å². The monoisotopic (exact) mass is 431 g/mol. The van der Waals surface area contributed by atoms with E-state index in [-0.39, 0.29) is 25.6 Å². The van der Waals surface area contributed by atoms with E-state index < -0.39 is 42.3 Å². The first-order chi connectivity index (χ1) is 12.6. The Balaban J connectivity index is 2.26. The molecule has 2 rings (SSSR count). The van der Waals surface area contributed by atoms with Crippen molar-refractivity contribution in [1.29, 1.82) is 0 Å². The van der Waals surface area contributed by atoms with Crippen molar-refractivity contribution < 1.29 is 49.0 Å². The van der Waals surface area contributed by atoms with Gasteiger partial charge in [-0.15, -0.1) is 0 Å². The first kappa shape index (κ1) is 23.5. The third-order valence-corrected chi connectivity index (χ3v) is 5.32. The van der Waals surface area contributed by atoms with Crippen molar-refractivity contribution in [1.82, 2.24) is 4.90 Å². The van der Waals surface area contributed by atoms with Gasteiger partial charge in [0.2, 0.25) is 0 Å². The lowest BCUT2D eigenvalue weighted by molar-refractivity contribution is -0.465. The van der Waals surface area contributed by atoms with Crippen LogP contribution in [0.2, 0.25) is 0 Å². The topological polar surface area (TPSA) is 21.7 Å². The predicted molar refractivity (Wildman–Crippen MR) is 79.6 cm³/mol. The maximum atomic E-state index is 13.1. The Morgan fingerprint density at radius 3 is 1.93 bits per heavy atom. The van der Waals surface area contributed by atoms with Gasteiger partial charge in [0.05, 0.1) is 18.8 Å². The van der Waals surface area contributed by atoms with Crippen LogP contribution in [0.5, 0.6) is 0 Å². The molecule has 2 saturated heterocycles. The van der Waals surface area contributed by atoms with Crippen molar-refractivity contribution in [3.63, 3.8) is 0 Å². The molecule has 2 fully saturated rings. The van der Waals surface area contributed by atoms with Crippen LogP contribution in [0.4, 0.5) is 39.5 Å². The Kier molecular flexibility index (Phi) is 6.30. The summed E-state index contributed by atoms with van der Waals surface area (Å²) in [7, 11) is 0. The number of rotatable bonds is 5. The quantitative estimate of drug-likeness (QED) is 0.581. The molecule has 0 amide bonds. The van der Waals surface area contributed by atoms with Crippen molar-refractivity contribution in [2.75, 3.05) is 19.7 Å². The minimum Gasteiger partial charge on any atom is -0.377 e. The fourth-order valence-electron chi connectivity index (χ4n) is 3.92. The molecule has 0 spiro atoms. The molecule has 2 heterocycles. The Labute approximate surface area is 156 Å². The maximum Gasteiger partial charge on any atom is 0.435 e. The number of piperidine rings is 1. The molecule has 0 aliphatic carbocycles. The van der Waals surface area contributed by atoms with Gasteiger partial charge < -0.3 is 9.47 Å². The van der Waals surface area contributed by atoms with E-state index in [4.69, 9.17) is 4.74 Å². The molecule has 0 aromatic rings. The van der Waals surface area contributed by atoms with E-state index in [0.29, 0.717) is 19.4 Å². The Bertz CT molecular complexity index is 508. The van der Waals surface area contributed by atoms with Crippen molar-refractivity contribution in [2.24, 2.45) is 0 Å². The van der Waals surface area contributed by atoms with E-state index in [1.54, 1.807) is 18.7 Å². The number of hydrogen-bond acceptors (Lipinski definition) is 3. The summed E-state index contributed by atoms with van der Waals surface area (Å²) in [5, 5.41) is 0. The minimum absolute atomic E-state index is 0.0913. The Hall–Kier alpha value is -0.750. The number of nitrogens with zero attached hydrogens (tertiary/aromatic N) is 1. The van der Waals surface area contributed by atoms with Gasteiger partial charge in [-0.1, -0.05) is 0 Å². The second kappa shape index (κ2) is 7.50. The van der Waals surface area contributed by atoms with Gasteiger partial charge in [0.25, 0.3) is 0 Å². The zero-order chi connectivity index (χ0) is 21.6. The SMILES string of the molecule is CC(C)OCC12CCCN1CC(OC(C(F)(F)F)(C(F)(F)F)C(F)(F)F)CC2. The van der Waals surface area contributed by atoms with Gasteiger partial charge in [0.15, 0.2) is 0 Å². The Morgan fingerprint density at radius 2 is 1.46 bits per heavy atom. The van der Waals surface area contributed by atoms with E-state index in [1.165, 1.54) is 0 Å². The smallest absolute Gasteiger partial charge is 0.377 e. The van der Waals surface area contributed by atoms with Crippen molar-refractivity contribution in [3.05, 3.63) is 0 Å². The van der Waals surface area contributed by atoms with E-state index in [1.807, 2.05) is 0 Å². The number of halogens is 9. The summed E-state index contributed by atoms with van der Waals surface area (Å²) >= 11 is 0. The molecule has 0 aromatic heterocycles. The number of fused-ring (bicyclic) bond motifs is 1. The van der Waals surface area contributed by atoms with Crippen LogP contribution in [0.1, 0.15) is 39.5 Å². The highest BCUT2D eigenvalue weighted by Gasteiger charge is 2.86. The number of alkyl halides is 9. The average Bonchev–Trinajstić information content (AvgIpc) is 2.90. The molecule has 12 heteroatoms. The van der Waals surface area contributed by atoms with Gasteiger partial charge in [-0.3, -0.25) is 4.90 Å². The first-order valence-corrected chi connectivity index (χ1v) is 8.80. The lowest BCUT2D eigenvalue weighted by atomic mass is 9.85. The van der Waals surface area contributed by atoms with Crippen LogP contribution < -0.4 is 0 Å². The predicted octanol–water partition coefficient (Wildman–Crippen LogP) is 4.85. The van der Waals surface area contributed by atoms with Crippen molar-refractivity contribution in [3.8, 4) is 0 Å². The Morgan fingerprint density at radius 1 is 0.929 bits per heavy atom. The van der Waals surface area contributed by atoms with E-state index in [9.17, 15) is 39.5 Å². The zero-order valence-corrected chi connectivity index (χ0v) is 15.3. The summed E-state index contributed by atoms with van der Waals surface area (Å²) in [5.41, 5.74) is -6.81. The summed E-state index contributed by atoms with van der Waals surface area (Å²) in [4.78, 5) is 1.59. The van der Waals surface area contributed by atoms with Crippen LogP contribution in [0.3, 0.4) is 0 Å². The second-order valence-electron chi connectivity index (χ2n) is 7.59. The van der Waals surface area contributed by atoms with E-state index in [0.717, 1.165) is 0 Å². The molecule has 166 valence electrons. The molecule has 2 atom stereocenters. The molecule has 28 heavy (non-hydrogen) atoms. The molecule has 2 unspecified atom stereocenters. The highest BCUT2D eigenvalue weighted by Crippen LogP contribution is 2.56. The molecular weight excluding hydrogens is 409 g/mol. The molecule has 0 radical (unpaired) electrons. The largest absolute Gasteiger partial charge is 0.435 e. The van der Waals surface area contributed by atoms with E-state index in [2.05, 4.69) is 4.74 Å². The molecule has 0 saturated carbocycles. The second-order valence-corrected chi connectivity index (χ2v) is 7.59. The molecule has 0 bridgehead atoms. The van der Waals surface area contributed by atoms with Crippen LogP contribution >= 0.6 is 0 Å². The van der Waals surface area contributed by atoms with Gasteiger partial charge in [-0.05, 0) is 46.1 Å². The highest BCUT2D eigenvalue weighted by molar-refractivity contribution is 5.06. The normalized spacial score (nSPS) is 28.1. The molecule has 0 N–H and O–H groups in total. The summed E-state index contributed by atoms with van der Waals surface area (Å²) in [6, 6.07) is 0. The van der Waals surface area contributed by atoms with Gasteiger partial charge in [0, 0.05) is 12.1 Å². The van der Waals surface area contributed by atoms with Crippen molar-refractivity contribution in [2.45, 2.75) is 81.4 Å². The molecule has 0 aromatic carbocycles. The fourth-order valence-corrected chi connectivity index (χ4v) is 3.92. The first-order valence-electron chi connectivity index (χ1n) is 8.80. The van der Waals surface area contributed by atoms with Crippen molar-refractivity contribution >= 4 is 0 Å². The van der Waals surface area contributed by atoms with Gasteiger partial charge in [-0.25, -0.2) is 0 Å².